The fourth-order valence-electron chi connectivity index (χ4n) is 3.40. The van der Waals surface area contributed by atoms with Crippen molar-refractivity contribution in [1.29, 1.82) is 0 Å². The minimum Gasteiger partial charge on any atom is -0.465 e. The number of hydrogen-bond donors (Lipinski definition) is 0. The first kappa shape index (κ1) is 23.2. The second-order valence-corrected chi connectivity index (χ2v) is 9.83. The smallest absolute Gasteiger partial charge is 0.317 e. The average Bonchev–Trinajstić information content (AvgIpc) is 3.20. The van der Waals surface area contributed by atoms with E-state index in [4.69, 9.17) is 4.74 Å². The van der Waals surface area contributed by atoms with Crippen molar-refractivity contribution in [3.8, 4) is 0 Å². The second-order valence-electron chi connectivity index (χ2n) is 6.98. The third-order valence-corrected chi connectivity index (χ3v) is 7.33. The van der Waals surface area contributed by atoms with Crippen LogP contribution in [0.5, 0.6) is 0 Å². The van der Waals surface area contributed by atoms with Crippen molar-refractivity contribution in [1.82, 2.24) is 4.31 Å². The maximum Gasteiger partial charge on any atom is 0.317 e. The molecule has 1 aliphatic rings. The molecule has 0 saturated carbocycles. The van der Waals surface area contributed by atoms with Gasteiger partial charge in [0.05, 0.1) is 17.4 Å². The van der Waals surface area contributed by atoms with E-state index in [0.29, 0.717) is 5.57 Å². The van der Waals surface area contributed by atoms with E-state index in [1.807, 2.05) is 36.4 Å². The summed E-state index contributed by atoms with van der Waals surface area (Å²) in [6, 6.07) is 16.1. The van der Waals surface area contributed by atoms with E-state index in [1.54, 1.807) is 43.3 Å². The first-order chi connectivity index (χ1) is 14.9. The van der Waals surface area contributed by atoms with Gasteiger partial charge in [0.2, 0.25) is 10.0 Å². The highest BCUT2D eigenvalue weighted by Crippen LogP contribution is 2.32. The molecule has 162 valence electrons. The molecule has 3 rings (SSSR count). The maximum absolute atomic E-state index is 13.2. The standard InChI is InChI=1S/C24H24BrNO4S/c1-3-19-16-26(31(28,29)21-13-11-20(25)12-14-21)17-23(19)22(24(27)30-4-2)15-10-18-8-6-5-7-9-18/h3,5-15,22H,1,4,16-17H2,2H3. The Kier molecular flexibility index (Phi) is 7.64. The Hall–Kier alpha value is -2.48. The molecule has 5 nitrogen and oxygen atoms in total. The van der Waals surface area contributed by atoms with Crippen molar-refractivity contribution < 1.29 is 17.9 Å². The molecule has 0 amide bonds. The van der Waals surface area contributed by atoms with Gasteiger partial charge in [0.1, 0.15) is 0 Å². The van der Waals surface area contributed by atoms with Crippen LogP contribution in [0.4, 0.5) is 0 Å². The van der Waals surface area contributed by atoms with Gasteiger partial charge in [0, 0.05) is 17.6 Å². The lowest BCUT2D eigenvalue weighted by Gasteiger charge is -2.18. The molecule has 31 heavy (non-hydrogen) atoms. The third-order valence-electron chi connectivity index (χ3n) is 5.00. The van der Waals surface area contributed by atoms with Gasteiger partial charge in [-0.2, -0.15) is 4.31 Å². The quantitative estimate of drug-likeness (QED) is 0.486. The molecule has 1 heterocycles. The highest BCUT2D eigenvalue weighted by Gasteiger charge is 2.36. The lowest BCUT2D eigenvalue weighted by atomic mass is 9.94. The van der Waals surface area contributed by atoms with Gasteiger partial charge in [-0.3, -0.25) is 4.79 Å². The van der Waals surface area contributed by atoms with Crippen molar-refractivity contribution in [3.05, 3.63) is 94.5 Å². The molecular weight excluding hydrogens is 478 g/mol. The Morgan fingerprint density at radius 3 is 2.45 bits per heavy atom. The van der Waals surface area contributed by atoms with E-state index in [2.05, 4.69) is 22.5 Å². The highest BCUT2D eigenvalue weighted by molar-refractivity contribution is 9.10. The molecule has 0 fully saturated rings. The van der Waals surface area contributed by atoms with Crippen LogP contribution in [0.2, 0.25) is 0 Å². The summed E-state index contributed by atoms with van der Waals surface area (Å²) in [4.78, 5) is 13.0. The monoisotopic (exact) mass is 501 g/mol. The topological polar surface area (TPSA) is 63.7 Å². The van der Waals surface area contributed by atoms with Gasteiger partial charge in [-0.25, -0.2) is 8.42 Å². The van der Waals surface area contributed by atoms with Crippen LogP contribution in [0.25, 0.3) is 6.08 Å². The van der Waals surface area contributed by atoms with E-state index in [-0.39, 0.29) is 24.6 Å². The largest absolute Gasteiger partial charge is 0.465 e. The molecule has 0 aromatic heterocycles. The van der Waals surface area contributed by atoms with Crippen LogP contribution in [-0.4, -0.2) is 38.4 Å². The number of ether oxygens (including phenoxy) is 1. The Morgan fingerprint density at radius 2 is 1.84 bits per heavy atom. The minimum absolute atomic E-state index is 0.0996. The van der Waals surface area contributed by atoms with Crippen molar-refractivity contribution in [2.24, 2.45) is 5.92 Å². The fraction of sp³-hybridized carbons (Fsp3) is 0.208. The molecule has 2 aromatic rings. The number of carbonyl (C=O) groups is 1. The third kappa shape index (κ3) is 5.42. The molecule has 0 saturated heterocycles. The molecule has 0 aliphatic carbocycles. The average molecular weight is 502 g/mol. The Bertz CT molecular complexity index is 1110. The van der Waals surface area contributed by atoms with E-state index in [1.165, 1.54) is 4.31 Å². The Labute approximate surface area is 191 Å². The van der Waals surface area contributed by atoms with E-state index < -0.39 is 21.9 Å². The lowest BCUT2D eigenvalue weighted by molar-refractivity contribution is -0.145. The van der Waals surface area contributed by atoms with Gasteiger partial charge in [-0.15, -0.1) is 0 Å². The molecule has 7 heteroatoms. The number of esters is 1. The van der Waals surface area contributed by atoms with Crippen LogP contribution in [-0.2, 0) is 19.6 Å². The summed E-state index contributed by atoms with van der Waals surface area (Å²) in [5, 5.41) is 0. The van der Waals surface area contributed by atoms with Crippen LogP contribution in [0.3, 0.4) is 0 Å². The van der Waals surface area contributed by atoms with E-state index in [0.717, 1.165) is 15.6 Å². The van der Waals surface area contributed by atoms with Crippen LogP contribution in [0.15, 0.2) is 93.8 Å². The maximum atomic E-state index is 13.2. The predicted octanol–water partition coefficient (Wildman–Crippen LogP) is 4.83. The summed E-state index contributed by atoms with van der Waals surface area (Å²) in [5.74, 6) is -1.11. The molecule has 1 atom stereocenters. The number of rotatable bonds is 8. The van der Waals surface area contributed by atoms with Gasteiger partial charge in [0.15, 0.2) is 0 Å². The Morgan fingerprint density at radius 1 is 1.16 bits per heavy atom. The SMILES string of the molecule is C=CC1=C(C(C=Cc2ccccc2)C(=O)OCC)CN(S(=O)(=O)c2ccc(Br)cc2)C1. The molecule has 0 bridgehead atoms. The van der Waals surface area contributed by atoms with Crippen LogP contribution in [0.1, 0.15) is 12.5 Å². The molecule has 0 radical (unpaired) electrons. The first-order valence-electron chi connectivity index (χ1n) is 9.86. The van der Waals surface area contributed by atoms with Crippen molar-refractivity contribution in [2.45, 2.75) is 11.8 Å². The molecule has 1 unspecified atom stereocenters. The summed E-state index contributed by atoms with van der Waals surface area (Å²) in [7, 11) is -3.72. The minimum atomic E-state index is -3.72. The van der Waals surface area contributed by atoms with Gasteiger partial charge in [-0.1, -0.05) is 71.1 Å². The number of hydrogen-bond acceptors (Lipinski definition) is 4. The molecule has 0 spiro atoms. The van der Waals surface area contributed by atoms with Crippen molar-refractivity contribution in [2.75, 3.05) is 19.7 Å². The zero-order valence-corrected chi connectivity index (χ0v) is 19.6. The molecule has 0 N–H and O–H groups in total. The molecule has 2 aromatic carbocycles. The summed E-state index contributed by atoms with van der Waals surface area (Å²) in [6.07, 6.45) is 5.23. The molecular formula is C24H24BrNO4S. The summed E-state index contributed by atoms with van der Waals surface area (Å²) in [5.41, 5.74) is 2.34. The van der Waals surface area contributed by atoms with Crippen molar-refractivity contribution >= 4 is 38.0 Å². The van der Waals surface area contributed by atoms with Crippen molar-refractivity contribution in [3.63, 3.8) is 0 Å². The number of sulfonamides is 1. The van der Waals surface area contributed by atoms with E-state index in [9.17, 15) is 13.2 Å². The zero-order valence-electron chi connectivity index (χ0n) is 17.2. The van der Waals surface area contributed by atoms with E-state index >= 15 is 0 Å². The summed E-state index contributed by atoms with van der Waals surface area (Å²) < 4.78 is 33.8. The summed E-state index contributed by atoms with van der Waals surface area (Å²) >= 11 is 3.32. The van der Waals surface area contributed by atoms with Gasteiger partial charge in [-0.05, 0) is 47.9 Å². The van der Waals surface area contributed by atoms with Gasteiger partial charge < -0.3 is 4.74 Å². The summed E-state index contributed by atoms with van der Waals surface area (Å²) in [6.45, 7) is 6.09. The number of benzene rings is 2. The van der Waals surface area contributed by atoms with Crippen LogP contribution in [0, 0.1) is 5.92 Å². The fourth-order valence-corrected chi connectivity index (χ4v) is 5.06. The molecule has 1 aliphatic heterocycles. The lowest BCUT2D eigenvalue weighted by Crippen LogP contribution is -2.31. The van der Waals surface area contributed by atoms with Gasteiger partial charge >= 0.3 is 5.97 Å². The second kappa shape index (κ2) is 10.2. The highest BCUT2D eigenvalue weighted by atomic mass is 79.9. The number of halogens is 1. The van der Waals surface area contributed by atoms with Gasteiger partial charge in [0.25, 0.3) is 0 Å². The normalized spacial score (nSPS) is 15.9. The predicted molar refractivity (Wildman–Crippen MR) is 126 cm³/mol. The number of carbonyl (C=O) groups excluding carboxylic acids is 1. The van der Waals surface area contributed by atoms with Crippen LogP contribution < -0.4 is 0 Å². The zero-order chi connectivity index (χ0) is 22.4. The van der Waals surface area contributed by atoms with Crippen LogP contribution >= 0.6 is 15.9 Å². The number of nitrogens with zero attached hydrogens (tertiary/aromatic N) is 1. The Balaban J connectivity index is 1.92. The first-order valence-corrected chi connectivity index (χ1v) is 12.1.